The van der Waals surface area contributed by atoms with E-state index in [9.17, 15) is 28.2 Å². The van der Waals surface area contributed by atoms with Gasteiger partial charge >= 0.3 is 5.97 Å². The number of carboxylic acids is 1. The number of hydrogen-bond acceptors (Lipinski definition) is 8. The highest BCUT2D eigenvalue weighted by molar-refractivity contribution is 7.92. The zero-order chi connectivity index (χ0) is 31.9. The van der Waals surface area contributed by atoms with E-state index < -0.39 is 21.7 Å². The Morgan fingerprint density at radius 2 is 1.58 bits per heavy atom. The van der Waals surface area contributed by atoms with Crippen LogP contribution in [-0.4, -0.2) is 56.5 Å². The molecule has 0 aliphatic heterocycles. The highest BCUT2D eigenvalue weighted by Crippen LogP contribution is 2.33. The van der Waals surface area contributed by atoms with Gasteiger partial charge in [0.25, 0.3) is 0 Å². The number of carboxylic acid groups (broad SMARTS) is 1. The number of carbonyl (C=O) groups excluding carboxylic acids is 1. The lowest BCUT2D eigenvalue weighted by Crippen LogP contribution is -2.22. The van der Waals surface area contributed by atoms with E-state index >= 15 is 0 Å². The molecular formula is C32H39NO9S. The number of aromatic hydroxyl groups is 1. The number of methoxy groups -OCH3 is 1. The lowest BCUT2D eigenvalue weighted by molar-refractivity contribution is 0.0695. The second-order valence-corrected chi connectivity index (χ2v) is 13.3. The van der Waals surface area contributed by atoms with Crippen LogP contribution in [0.1, 0.15) is 64.6 Å². The van der Waals surface area contributed by atoms with Crippen LogP contribution >= 0.6 is 0 Å². The Hall–Kier alpha value is -4.25. The van der Waals surface area contributed by atoms with Crippen LogP contribution in [0.5, 0.6) is 23.0 Å². The molecule has 0 amide bonds. The maximum atomic E-state index is 12.9. The molecule has 10 nitrogen and oxygen atoms in total. The van der Waals surface area contributed by atoms with Gasteiger partial charge in [0.1, 0.15) is 23.9 Å². The lowest BCUT2D eigenvalue weighted by atomic mass is 9.87. The summed E-state index contributed by atoms with van der Waals surface area (Å²) in [6.07, 6.45) is 0.657. The maximum Gasteiger partial charge on any atom is 0.335 e. The summed E-state index contributed by atoms with van der Waals surface area (Å²) in [6.45, 7) is 9.40. The summed E-state index contributed by atoms with van der Waals surface area (Å²) in [5.74, 6) is -0.952. The number of carbonyl (C=O) groups is 2. The molecule has 0 fully saturated rings. The molecule has 0 unspecified atom stereocenters. The van der Waals surface area contributed by atoms with Crippen molar-refractivity contribution in [1.82, 2.24) is 0 Å². The number of rotatable bonds is 14. The largest absolute Gasteiger partial charge is 0.507 e. The predicted octanol–water partition coefficient (Wildman–Crippen LogP) is 5.78. The van der Waals surface area contributed by atoms with Crippen molar-refractivity contribution in [3.63, 3.8) is 0 Å². The number of anilines is 1. The molecule has 0 heterocycles. The number of phenols is 1. The smallest absolute Gasteiger partial charge is 0.335 e. The molecule has 3 aromatic carbocycles. The van der Waals surface area contributed by atoms with Gasteiger partial charge < -0.3 is 24.4 Å². The molecule has 0 bridgehead atoms. The van der Waals surface area contributed by atoms with Gasteiger partial charge in [0, 0.05) is 18.4 Å². The van der Waals surface area contributed by atoms with Crippen molar-refractivity contribution < 1.29 is 42.4 Å². The number of Topliss-reactive ketones (excluding diaryl/α,β-unsaturated/α-hetero) is 1. The minimum Gasteiger partial charge on any atom is -0.507 e. The number of aromatic carboxylic acids is 1. The molecule has 3 aromatic rings. The highest BCUT2D eigenvalue weighted by atomic mass is 32.2. The standard InChI is InChI=1S/C32H39NO9S/c1-20-7-10-25(33-43(38,39)16-15-42-29-18-23(31(36)37)8-11-28(29)40-6)22(17-20)13-14-41-27-12-9-24(30(35)21(27)2)26(34)19-32(3,4)5/h7-12,17-18,33,35H,13-16,19H2,1-6H3,(H,36,37). The van der Waals surface area contributed by atoms with Crippen molar-refractivity contribution in [1.29, 1.82) is 0 Å². The Bertz CT molecular complexity index is 1590. The summed E-state index contributed by atoms with van der Waals surface area (Å²) >= 11 is 0. The molecule has 0 spiro atoms. The van der Waals surface area contributed by atoms with E-state index in [4.69, 9.17) is 14.2 Å². The SMILES string of the molecule is COc1ccc(C(=O)O)cc1OCCS(=O)(=O)Nc1ccc(C)cc1CCOc1ccc(C(=O)CC(C)(C)C)c(O)c1C. The quantitative estimate of drug-likeness (QED) is 0.193. The van der Waals surface area contributed by atoms with Gasteiger partial charge in [-0.3, -0.25) is 9.52 Å². The Labute approximate surface area is 252 Å². The van der Waals surface area contributed by atoms with E-state index in [-0.39, 0.29) is 52.8 Å². The maximum absolute atomic E-state index is 12.9. The van der Waals surface area contributed by atoms with E-state index in [0.717, 1.165) is 5.56 Å². The second-order valence-electron chi connectivity index (χ2n) is 11.4. The van der Waals surface area contributed by atoms with Crippen LogP contribution in [0.25, 0.3) is 0 Å². The van der Waals surface area contributed by atoms with Crippen LogP contribution in [-0.2, 0) is 16.4 Å². The fraction of sp³-hybridized carbons (Fsp3) is 0.375. The minimum absolute atomic E-state index is 0.0151. The van der Waals surface area contributed by atoms with Crippen molar-refractivity contribution in [2.24, 2.45) is 5.41 Å². The Morgan fingerprint density at radius 1 is 0.907 bits per heavy atom. The topological polar surface area (TPSA) is 148 Å². The van der Waals surface area contributed by atoms with E-state index in [0.29, 0.717) is 35.4 Å². The zero-order valence-corrected chi connectivity index (χ0v) is 26.1. The van der Waals surface area contributed by atoms with Gasteiger partial charge in [0.15, 0.2) is 17.3 Å². The first kappa shape index (κ1) is 33.3. The summed E-state index contributed by atoms with van der Waals surface area (Å²) < 4.78 is 45.1. The molecule has 0 atom stereocenters. The molecule has 3 rings (SSSR count). The van der Waals surface area contributed by atoms with Gasteiger partial charge in [-0.2, -0.15) is 0 Å². The first-order valence-corrected chi connectivity index (χ1v) is 15.4. The van der Waals surface area contributed by atoms with Gasteiger partial charge in [0.05, 0.1) is 30.5 Å². The van der Waals surface area contributed by atoms with Crippen LogP contribution in [0.3, 0.4) is 0 Å². The molecule has 3 N–H and O–H groups in total. The number of phenolic OH excluding ortho intramolecular Hbond substituents is 1. The van der Waals surface area contributed by atoms with E-state index in [1.807, 2.05) is 33.8 Å². The average Bonchev–Trinajstić information content (AvgIpc) is 2.91. The monoisotopic (exact) mass is 613 g/mol. The van der Waals surface area contributed by atoms with Crippen LogP contribution < -0.4 is 18.9 Å². The molecule has 0 aliphatic rings. The van der Waals surface area contributed by atoms with Gasteiger partial charge in [-0.05, 0) is 61.2 Å². The third-order valence-corrected chi connectivity index (χ3v) is 7.78. The fourth-order valence-corrected chi connectivity index (χ4v) is 5.28. The Kier molecular flexibility index (Phi) is 10.7. The Balaban J connectivity index is 1.65. The predicted molar refractivity (Wildman–Crippen MR) is 164 cm³/mol. The van der Waals surface area contributed by atoms with E-state index in [1.54, 1.807) is 31.2 Å². The van der Waals surface area contributed by atoms with E-state index in [1.165, 1.54) is 25.3 Å². The molecule has 11 heteroatoms. The van der Waals surface area contributed by atoms with Crippen molar-refractivity contribution in [3.05, 3.63) is 76.3 Å². The number of nitrogens with one attached hydrogen (secondary N) is 1. The summed E-state index contributed by atoms with van der Waals surface area (Å²) in [6, 6.07) is 12.6. The second kappa shape index (κ2) is 13.8. The van der Waals surface area contributed by atoms with Crippen molar-refractivity contribution in [3.8, 4) is 23.0 Å². The molecule has 0 aromatic heterocycles. The molecule has 0 radical (unpaired) electrons. The molecular weight excluding hydrogens is 574 g/mol. The number of ketones is 1. The lowest BCUT2D eigenvalue weighted by Gasteiger charge is -2.18. The number of ether oxygens (including phenoxy) is 3. The average molecular weight is 614 g/mol. The molecule has 232 valence electrons. The summed E-state index contributed by atoms with van der Waals surface area (Å²) in [5, 5.41) is 19.9. The van der Waals surface area contributed by atoms with Gasteiger partial charge in [0.2, 0.25) is 10.0 Å². The van der Waals surface area contributed by atoms with E-state index in [2.05, 4.69) is 4.72 Å². The summed E-state index contributed by atoms with van der Waals surface area (Å²) in [7, 11) is -2.44. The van der Waals surface area contributed by atoms with Crippen molar-refractivity contribution in [2.45, 2.75) is 47.5 Å². The van der Waals surface area contributed by atoms with Crippen molar-refractivity contribution >= 4 is 27.5 Å². The molecule has 0 aliphatic carbocycles. The molecule has 43 heavy (non-hydrogen) atoms. The van der Waals surface area contributed by atoms with Gasteiger partial charge in [-0.1, -0.05) is 38.5 Å². The van der Waals surface area contributed by atoms with Crippen LogP contribution in [0.15, 0.2) is 48.5 Å². The van der Waals surface area contributed by atoms with Crippen LogP contribution in [0.4, 0.5) is 5.69 Å². The normalized spacial score (nSPS) is 11.6. The number of aryl methyl sites for hydroxylation is 1. The molecule has 0 saturated carbocycles. The van der Waals surface area contributed by atoms with Crippen LogP contribution in [0.2, 0.25) is 0 Å². The Morgan fingerprint density at radius 3 is 2.23 bits per heavy atom. The third-order valence-electron chi connectivity index (χ3n) is 6.55. The first-order chi connectivity index (χ1) is 20.1. The summed E-state index contributed by atoms with van der Waals surface area (Å²) in [5.41, 5.74) is 2.51. The van der Waals surface area contributed by atoms with Crippen molar-refractivity contribution in [2.75, 3.05) is 30.8 Å². The van der Waals surface area contributed by atoms with Gasteiger partial charge in [-0.15, -0.1) is 0 Å². The number of sulfonamides is 1. The zero-order valence-electron chi connectivity index (χ0n) is 25.3. The fourth-order valence-electron chi connectivity index (χ4n) is 4.34. The number of benzene rings is 3. The van der Waals surface area contributed by atoms with Gasteiger partial charge in [-0.25, -0.2) is 13.2 Å². The number of hydrogen-bond donors (Lipinski definition) is 3. The van der Waals surface area contributed by atoms with Crippen LogP contribution in [0, 0.1) is 19.3 Å². The minimum atomic E-state index is -3.84. The first-order valence-electron chi connectivity index (χ1n) is 13.7. The third kappa shape index (κ3) is 9.37. The highest BCUT2D eigenvalue weighted by Gasteiger charge is 2.22. The summed E-state index contributed by atoms with van der Waals surface area (Å²) in [4.78, 5) is 23.9. The molecule has 0 saturated heterocycles.